The van der Waals surface area contributed by atoms with Gasteiger partial charge < -0.3 is 5.73 Å². The Hall–Kier alpha value is -0.830. The number of carbonyl (C=O) groups is 1. The molecule has 3 heteroatoms. The quantitative estimate of drug-likeness (QED) is 0.651. The Morgan fingerprint density at radius 1 is 1.43 bits per heavy atom. The van der Waals surface area contributed by atoms with Crippen LogP contribution in [0.5, 0.6) is 0 Å². The van der Waals surface area contributed by atoms with Gasteiger partial charge in [0.2, 0.25) is 0 Å². The first-order valence-electron chi connectivity index (χ1n) is 4.78. The van der Waals surface area contributed by atoms with Gasteiger partial charge in [-0.3, -0.25) is 4.79 Å². The molecule has 2 N–H and O–H groups in total. The standard InChI is InChI=1S/C11H12BrNO/c12-9-6-2-5-8(10(9)13)11(14)7-3-1-4-7/h2,5-7H,1,3-4,13H2. The van der Waals surface area contributed by atoms with Crippen LogP contribution in [-0.4, -0.2) is 5.78 Å². The number of hydrogen-bond acceptors (Lipinski definition) is 2. The van der Waals surface area contributed by atoms with Crippen molar-refractivity contribution in [3.8, 4) is 0 Å². The third-order valence-corrected chi connectivity index (χ3v) is 3.49. The van der Waals surface area contributed by atoms with Crippen LogP contribution in [0.25, 0.3) is 0 Å². The van der Waals surface area contributed by atoms with Crippen molar-refractivity contribution in [1.82, 2.24) is 0 Å². The zero-order valence-corrected chi connectivity index (χ0v) is 9.38. The molecule has 0 saturated heterocycles. The number of hydrogen-bond donors (Lipinski definition) is 1. The molecule has 74 valence electrons. The monoisotopic (exact) mass is 253 g/mol. The Balaban J connectivity index is 2.31. The lowest BCUT2D eigenvalue weighted by atomic mass is 9.79. The lowest BCUT2D eigenvalue weighted by Crippen LogP contribution is -2.22. The Morgan fingerprint density at radius 2 is 2.14 bits per heavy atom. The van der Waals surface area contributed by atoms with Crippen molar-refractivity contribution in [1.29, 1.82) is 0 Å². The smallest absolute Gasteiger partial charge is 0.168 e. The normalized spacial score (nSPS) is 16.4. The third kappa shape index (κ3) is 1.57. The van der Waals surface area contributed by atoms with Gasteiger partial charge in [0.25, 0.3) is 0 Å². The lowest BCUT2D eigenvalue weighted by Gasteiger charge is -2.24. The SMILES string of the molecule is Nc1c(Br)cccc1C(=O)C1CCC1. The second kappa shape index (κ2) is 3.73. The fraction of sp³-hybridized carbons (Fsp3) is 0.364. The number of para-hydroxylation sites is 1. The minimum atomic E-state index is 0.204. The summed E-state index contributed by atoms with van der Waals surface area (Å²) in [6.07, 6.45) is 3.21. The minimum absolute atomic E-state index is 0.204. The van der Waals surface area contributed by atoms with Crippen molar-refractivity contribution in [3.05, 3.63) is 28.2 Å². The van der Waals surface area contributed by atoms with Gasteiger partial charge in [-0.25, -0.2) is 0 Å². The van der Waals surface area contributed by atoms with E-state index in [-0.39, 0.29) is 11.7 Å². The van der Waals surface area contributed by atoms with Gasteiger partial charge in [-0.15, -0.1) is 0 Å². The molecule has 0 heterocycles. The highest BCUT2D eigenvalue weighted by molar-refractivity contribution is 9.10. The number of carbonyl (C=O) groups excluding carboxylic acids is 1. The summed E-state index contributed by atoms with van der Waals surface area (Å²) in [5.41, 5.74) is 7.08. The third-order valence-electron chi connectivity index (χ3n) is 2.79. The molecule has 0 radical (unpaired) electrons. The van der Waals surface area contributed by atoms with E-state index >= 15 is 0 Å². The summed E-state index contributed by atoms with van der Waals surface area (Å²) in [5.74, 6) is 0.418. The summed E-state index contributed by atoms with van der Waals surface area (Å²) in [6.45, 7) is 0. The average Bonchev–Trinajstić information content (AvgIpc) is 2.06. The van der Waals surface area contributed by atoms with E-state index < -0.39 is 0 Å². The number of nitrogens with two attached hydrogens (primary N) is 1. The molecule has 1 aliphatic rings. The van der Waals surface area contributed by atoms with Crippen LogP contribution in [0.4, 0.5) is 5.69 Å². The maximum absolute atomic E-state index is 11.9. The number of nitrogen functional groups attached to an aromatic ring is 1. The second-order valence-corrected chi connectivity index (χ2v) is 4.55. The molecule has 0 aromatic heterocycles. The molecule has 0 unspecified atom stereocenters. The van der Waals surface area contributed by atoms with Gasteiger partial charge in [-0.2, -0.15) is 0 Å². The maximum Gasteiger partial charge on any atom is 0.168 e. The van der Waals surface area contributed by atoms with Crippen LogP contribution in [0.3, 0.4) is 0 Å². The molecular formula is C11H12BrNO. The summed E-state index contributed by atoms with van der Waals surface area (Å²) < 4.78 is 0.808. The van der Waals surface area contributed by atoms with Crippen LogP contribution < -0.4 is 5.73 Å². The highest BCUT2D eigenvalue weighted by atomic mass is 79.9. The van der Waals surface area contributed by atoms with E-state index in [0.29, 0.717) is 11.3 Å². The number of halogens is 1. The molecule has 1 saturated carbocycles. The molecule has 2 nitrogen and oxygen atoms in total. The van der Waals surface area contributed by atoms with Crippen molar-refractivity contribution in [3.63, 3.8) is 0 Å². The average molecular weight is 254 g/mol. The van der Waals surface area contributed by atoms with E-state index in [2.05, 4.69) is 15.9 Å². The van der Waals surface area contributed by atoms with E-state index in [1.807, 2.05) is 12.1 Å². The van der Waals surface area contributed by atoms with Crippen LogP contribution >= 0.6 is 15.9 Å². The van der Waals surface area contributed by atoms with Crippen LogP contribution in [0.15, 0.2) is 22.7 Å². The second-order valence-electron chi connectivity index (χ2n) is 3.69. The Kier molecular flexibility index (Phi) is 2.59. The van der Waals surface area contributed by atoms with E-state index in [4.69, 9.17) is 5.73 Å². The summed E-state index contributed by atoms with van der Waals surface area (Å²) >= 11 is 3.33. The Labute approximate surface area is 91.6 Å². The molecule has 0 bridgehead atoms. The maximum atomic E-state index is 11.9. The Bertz CT molecular complexity index is 372. The van der Waals surface area contributed by atoms with Crippen LogP contribution in [0.1, 0.15) is 29.6 Å². The summed E-state index contributed by atoms with van der Waals surface area (Å²) in [4.78, 5) is 11.9. The van der Waals surface area contributed by atoms with Crippen LogP contribution in [0.2, 0.25) is 0 Å². The molecule has 1 aliphatic carbocycles. The van der Waals surface area contributed by atoms with E-state index in [1.54, 1.807) is 6.07 Å². The fourth-order valence-electron chi connectivity index (χ4n) is 1.64. The van der Waals surface area contributed by atoms with Crippen molar-refractivity contribution in [2.75, 3.05) is 5.73 Å². The molecule has 0 aliphatic heterocycles. The zero-order valence-electron chi connectivity index (χ0n) is 7.79. The van der Waals surface area contributed by atoms with Gasteiger partial charge in [-0.05, 0) is 40.9 Å². The number of Topliss-reactive ketones (excluding diaryl/α,β-unsaturated/α-hetero) is 1. The van der Waals surface area contributed by atoms with Crippen molar-refractivity contribution in [2.45, 2.75) is 19.3 Å². The van der Waals surface area contributed by atoms with E-state index in [1.165, 1.54) is 6.42 Å². The molecule has 0 spiro atoms. The van der Waals surface area contributed by atoms with Crippen molar-refractivity contribution < 1.29 is 4.79 Å². The molecule has 14 heavy (non-hydrogen) atoms. The Morgan fingerprint density at radius 3 is 2.71 bits per heavy atom. The topological polar surface area (TPSA) is 43.1 Å². The molecule has 1 aromatic carbocycles. The van der Waals surface area contributed by atoms with Crippen molar-refractivity contribution >= 4 is 27.4 Å². The predicted molar refractivity (Wildman–Crippen MR) is 60.2 cm³/mol. The predicted octanol–water partition coefficient (Wildman–Crippen LogP) is 3.01. The first-order chi connectivity index (χ1) is 6.70. The van der Waals surface area contributed by atoms with Crippen molar-refractivity contribution in [2.24, 2.45) is 5.92 Å². The highest BCUT2D eigenvalue weighted by Crippen LogP contribution is 2.33. The fourth-order valence-corrected chi connectivity index (χ4v) is 2.01. The zero-order chi connectivity index (χ0) is 10.1. The van der Waals surface area contributed by atoms with Gasteiger partial charge >= 0.3 is 0 Å². The molecule has 0 amide bonds. The van der Waals surface area contributed by atoms with Crippen LogP contribution in [-0.2, 0) is 0 Å². The van der Waals surface area contributed by atoms with Gasteiger partial charge in [0.1, 0.15) is 0 Å². The van der Waals surface area contributed by atoms with E-state index in [9.17, 15) is 4.79 Å². The molecule has 2 rings (SSSR count). The summed E-state index contributed by atoms with van der Waals surface area (Å²) in [6, 6.07) is 5.51. The molecular weight excluding hydrogens is 242 g/mol. The van der Waals surface area contributed by atoms with E-state index in [0.717, 1.165) is 17.3 Å². The largest absolute Gasteiger partial charge is 0.397 e. The molecule has 1 aromatic rings. The minimum Gasteiger partial charge on any atom is -0.397 e. The van der Waals surface area contributed by atoms with Gasteiger partial charge in [0.15, 0.2) is 5.78 Å². The summed E-state index contributed by atoms with van der Waals surface area (Å²) in [5, 5.41) is 0. The lowest BCUT2D eigenvalue weighted by molar-refractivity contribution is 0.0856. The highest BCUT2D eigenvalue weighted by Gasteiger charge is 2.27. The summed E-state index contributed by atoms with van der Waals surface area (Å²) in [7, 11) is 0. The molecule has 1 fully saturated rings. The van der Waals surface area contributed by atoms with Gasteiger partial charge in [0, 0.05) is 16.0 Å². The number of benzene rings is 1. The van der Waals surface area contributed by atoms with Gasteiger partial charge in [-0.1, -0.05) is 12.5 Å². The van der Waals surface area contributed by atoms with Crippen LogP contribution in [0, 0.1) is 5.92 Å². The number of rotatable bonds is 2. The number of anilines is 1. The molecule has 0 atom stereocenters. The first kappa shape index (κ1) is 9.71. The van der Waals surface area contributed by atoms with Gasteiger partial charge in [0.05, 0.1) is 5.69 Å². The number of ketones is 1. The first-order valence-corrected chi connectivity index (χ1v) is 5.57.